The van der Waals surface area contributed by atoms with Crippen LogP contribution in [-0.4, -0.2) is 23.3 Å². The maximum atomic E-state index is 12.5. The minimum absolute atomic E-state index is 0.0802. The number of hydrogen-bond acceptors (Lipinski definition) is 4. The molecule has 1 aromatic heterocycles. The average molecular weight is 232 g/mol. The molecular formula is C9H7ClFNO3. The summed E-state index contributed by atoms with van der Waals surface area (Å²) in [7, 11) is 0. The molecule has 0 bridgehead atoms. The van der Waals surface area contributed by atoms with Crippen molar-refractivity contribution < 1.29 is 18.7 Å². The van der Waals surface area contributed by atoms with Crippen LogP contribution >= 0.6 is 11.6 Å². The number of carbonyl (C=O) groups excluding carboxylic acids is 2. The smallest absolute Gasteiger partial charge is 0.379 e. The summed E-state index contributed by atoms with van der Waals surface area (Å²) in [4.78, 5) is 25.6. The molecule has 80 valence electrons. The van der Waals surface area contributed by atoms with Gasteiger partial charge in [-0.05, 0) is 19.1 Å². The van der Waals surface area contributed by atoms with Gasteiger partial charge >= 0.3 is 5.97 Å². The van der Waals surface area contributed by atoms with E-state index in [4.69, 9.17) is 11.6 Å². The average Bonchev–Trinajstić information content (AvgIpc) is 2.17. The minimum Gasteiger partial charge on any atom is -0.460 e. The van der Waals surface area contributed by atoms with Crippen LogP contribution in [0.15, 0.2) is 12.1 Å². The fourth-order valence-corrected chi connectivity index (χ4v) is 1.12. The van der Waals surface area contributed by atoms with Crippen molar-refractivity contribution in [1.29, 1.82) is 0 Å². The number of ether oxygens (including phenoxy) is 1. The van der Waals surface area contributed by atoms with E-state index in [1.807, 2.05) is 0 Å². The Hall–Kier alpha value is -1.49. The Bertz CT molecular complexity index is 408. The molecule has 0 aromatic carbocycles. The highest BCUT2D eigenvalue weighted by molar-refractivity contribution is 6.45. The van der Waals surface area contributed by atoms with Crippen LogP contribution in [-0.2, 0) is 9.53 Å². The van der Waals surface area contributed by atoms with Crippen LogP contribution < -0.4 is 0 Å². The number of hydrogen-bond donors (Lipinski definition) is 0. The summed E-state index contributed by atoms with van der Waals surface area (Å²) >= 11 is 5.49. The molecule has 0 saturated carbocycles. The van der Waals surface area contributed by atoms with Gasteiger partial charge in [0.1, 0.15) is 5.15 Å². The molecule has 1 rings (SSSR count). The van der Waals surface area contributed by atoms with E-state index in [1.54, 1.807) is 6.92 Å². The van der Waals surface area contributed by atoms with E-state index in [-0.39, 0.29) is 17.3 Å². The topological polar surface area (TPSA) is 56.3 Å². The van der Waals surface area contributed by atoms with Gasteiger partial charge in [0, 0.05) is 0 Å². The number of esters is 1. The maximum Gasteiger partial charge on any atom is 0.379 e. The van der Waals surface area contributed by atoms with Crippen LogP contribution in [0.3, 0.4) is 0 Å². The second-order valence-electron chi connectivity index (χ2n) is 2.52. The van der Waals surface area contributed by atoms with Crippen LogP contribution in [0, 0.1) is 5.95 Å². The molecule has 0 amide bonds. The largest absolute Gasteiger partial charge is 0.460 e. The molecule has 6 heteroatoms. The molecule has 0 N–H and O–H groups in total. The lowest BCUT2D eigenvalue weighted by Gasteiger charge is -2.02. The van der Waals surface area contributed by atoms with Crippen molar-refractivity contribution in [3.63, 3.8) is 0 Å². The molecule has 4 nitrogen and oxygen atoms in total. The summed E-state index contributed by atoms with van der Waals surface area (Å²) < 4.78 is 17.0. The Morgan fingerprint density at radius 3 is 2.73 bits per heavy atom. The molecule has 0 aliphatic rings. The molecule has 0 fully saturated rings. The molecule has 0 aliphatic heterocycles. The summed E-state index contributed by atoms with van der Waals surface area (Å²) in [5, 5.41) is -0.354. The van der Waals surface area contributed by atoms with E-state index in [9.17, 15) is 14.0 Å². The molecule has 0 atom stereocenters. The molecule has 0 aliphatic carbocycles. The summed E-state index contributed by atoms with van der Waals surface area (Å²) in [6.45, 7) is 1.65. The van der Waals surface area contributed by atoms with Gasteiger partial charge in [-0.25, -0.2) is 9.78 Å². The first kappa shape index (κ1) is 11.6. The summed E-state index contributed by atoms with van der Waals surface area (Å²) in [6.07, 6.45) is 0. The zero-order valence-corrected chi connectivity index (χ0v) is 8.55. The van der Waals surface area contributed by atoms with Crippen molar-refractivity contribution >= 4 is 23.4 Å². The first-order chi connectivity index (χ1) is 7.06. The predicted molar refractivity (Wildman–Crippen MR) is 50.2 cm³/mol. The third-order valence-corrected chi connectivity index (χ3v) is 1.81. The molecule has 0 saturated heterocycles. The number of halogens is 2. The summed E-state index contributed by atoms with van der Waals surface area (Å²) in [5.41, 5.74) is -0.170. The molecule has 15 heavy (non-hydrogen) atoms. The standard InChI is InChI=1S/C9H7ClFNO3/c1-2-15-9(14)7(13)5-3-4-6(11)12-8(5)10/h3-4H,2H2,1H3. The van der Waals surface area contributed by atoms with E-state index >= 15 is 0 Å². The fourth-order valence-electron chi connectivity index (χ4n) is 0.888. The van der Waals surface area contributed by atoms with E-state index < -0.39 is 17.7 Å². The van der Waals surface area contributed by atoms with Gasteiger partial charge in [-0.3, -0.25) is 4.79 Å². The van der Waals surface area contributed by atoms with Gasteiger partial charge in [0.25, 0.3) is 5.78 Å². The maximum absolute atomic E-state index is 12.5. The van der Waals surface area contributed by atoms with Gasteiger partial charge in [-0.15, -0.1) is 0 Å². The lowest BCUT2D eigenvalue weighted by Crippen LogP contribution is -2.18. The Kier molecular flexibility index (Phi) is 3.74. The molecule has 0 radical (unpaired) electrons. The molecule has 1 aromatic rings. The van der Waals surface area contributed by atoms with Crippen molar-refractivity contribution in [2.75, 3.05) is 6.61 Å². The highest BCUT2D eigenvalue weighted by atomic mass is 35.5. The van der Waals surface area contributed by atoms with Gasteiger partial charge in [-0.2, -0.15) is 4.39 Å². The van der Waals surface area contributed by atoms with Gasteiger partial charge in [0.05, 0.1) is 12.2 Å². The van der Waals surface area contributed by atoms with Crippen molar-refractivity contribution in [2.45, 2.75) is 6.92 Å². The molecule has 0 unspecified atom stereocenters. The third-order valence-electron chi connectivity index (χ3n) is 1.52. The number of ketones is 1. The van der Waals surface area contributed by atoms with Crippen LogP contribution in [0.4, 0.5) is 4.39 Å². The lowest BCUT2D eigenvalue weighted by atomic mass is 10.2. The quantitative estimate of drug-likeness (QED) is 0.343. The summed E-state index contributed by atoms with van der Waals surface area (Å²) in [5.74, 6) is -2.79. The number of Topliss-reactive ketones (excluding diaryl/α,β-unsaturated/α-hetero) is 1. The van der Waals surface area contributed by atoms with Crippen LogP contribution in [0.25, 0.3) is 0 Å². The zero-order chi connectivity index (χ0) is 11.4. The highest BCUT2D eigenvalue weighted by Crippen LogP contribution is 2.14. The van der Waals surface area contributed by atoms with E-state index in [0.29, 0.717) is 0 Å². The normalized spacial score (nSPS) is 9.80. The Balaban J connectivity index is 2.96. The minimum atomic E-state index is -1.03. The van der Waals surface area contributed by atoms with Crippen LogP contribution in [0.2, 0.25) is 5.15 Å². The molecule has 1 heterocycles. The second-order valence-corrected chi connectivity index (χ2v) is 2.88. The van der Waals surface area contributed by atoms with Crippen LogP contribution in [0.1, 0.15) is 17.3 Å². The number of aromatic nitrogens is 1. The lowest BCUT2D eigenvalue weighted by molar-refractivity contribution is -0.137. The number of pyridine rings is 1. The van der Waals surface area contributed by atoms with Crippen molar-refractivity contribution in [1.82, 2.24) is 4.98 Å². The van der Waals surface area contributed by atoms with Crippen molar-refractivity contribution in [3.05, 3.63) is 28.8 Å². The van der Waals surface area contributed by atoms with Crippen LogP contribution in [0.5, 0.6) is 0 Å². The first-order valence-electron chi connectivity index (χ1n) is 4.09. The fraction of sp³-hybridized carbons (Fsp3) is 0.222. The van der Waals surface area contributed by atoms with Gasteiger partial charge in [-0.1, -0.05) is 11.6 Å². The SMILES string of the molecule is CCOC(=O)C(=O)c1ccc(F)nc1Cl. The Labute approximate surface area is 90.0 Å². The molecule has 0 spiro atoms. The first-order valence-corrected chi connectivity index (χ1v) is 4.47. The van der Waals surface area contributed by atoms with Crippen molar-refractivity contribution in [2.24, 2.45) is 0 Å². The van der Waals surface area contributed by atoms with E-state index in [1.165, 1.54) is 0 Å². The van der Waals surface area contributed by atoms with Crippen molar-refractivity contribution in [3.8, 4) is 0 Å². The zero-order valence-electron chi connectivity index (χ0n) is 7.79. The van der Waals surface area contributed by atoms with Gasteiger partial charge in [0.2, 0.25) is 5.95 Å². The van der Waals surface area contributed by atoms with Gasteiger partial charge < -0.3 is 4.74 Å². The Morgan fingerprint density at radius 1 is 1.53 bits per heavy atom. The number of nitrogens with zero attached hydrogens (tertiary/aromatic N) is 1. The number of carbonyl (C=O) groups is 2. The second kappa shape index (κ2) is 4.84. The number of rotatable bonds is 3. The predicted octanol–water partition coefficient (Wildman–Crippen LogP) is 1.62. The van der Waals surface area contributed by atoms with E-state index in [2.05, 4.69) is 9.72 Å². The summed E-state index contributed by atoms with van der Waals surface area (Å²) in [6, 6.07) is 2.03. The monoisotopic (exact) mass is 231 g/mol. The van der Waals surface area contributed by atoms with E-state index in [0.717, 1.165) is 12.1 Å². The highest BCUT2D eigenvalue weighted by Gasteiger charge is 2.21. The Morgan fingerprint density at radius 2 is 2.20 bits per heavy atom. The molecular weight excluding hydrogens is 225 g/mol. The van der Waals surface area contributed by atoms with Gasteiger partial charge in [0.15, 0.2) is 0 Å². The third kappa shape index (κ3) is 2.73.